The zero-order valence-electron chi connectivity index (χ0n) is 5.28. The molecule has 7 heteroatoms. The van der Waals surface area contributed by atoms with E-state index in [1.165, 1.54) is 0 Å². The van der Waals surface area contributed by atoms with Crippen LogP contribution in [0, 0.1) is 10.1 Å². The van der Waals surface area contributed by atoms with Gasteiger partial charge in [-0.1, -0.05) is 0 Å². The summed E-state index contributed by atoms with van der Waals surface area (Å²) >= 11 is 0. The van der Waals surface area contributed by atoms with Crippen molar-refractivity contribution < 1.29 is 15.1 Å². The number of nitrogens with zero attached hydrogens (tertiary/aromatic N) is 3. The van der Waals surface area contributed by atoms with Crippen LogP contribution < -0.4 is 0 Å². The molecule has 2 unspecified atom stereocenters. The van der Waals surface area contributed by atoms with E-state index in [0.717, 1.165) is 6.34 Å². The van der Waals surface area contributed by atoms with E-state index in [4.69, 9.17) is 10.2 Å². The minimum atomic E-state index is -2.57. The molecule has 1 aliphatic heterocycles. The summed E-state index contributed by atoms with van der Waals surface area (Å²) < 4.78 is 0. The SMILES string of the molecule is O=[N+]([O-])C1(O)C=NC=NC1O. The van der Waals surface area contributed by atoms with Gasteiger partial charge in [-0.15, -0.1) is 0 Å². The van der Waals surface area contributed by atoms with Crippen molar-refractivity contribution in [2.45, 2.75) is 12.0 Å². The largest absolute Gasteiger partial charge is 0.405 e. The molecule has 1 rings (SSSR count). The van der Waals surface area contributed by atoms with E-state index in [9.17, 15) is 10.1 Å². The van der Waals surface area contributed by atoms with E-state index < -0.39 is 16.9 Å². The van der Waals surface area contributed by atoms with Crippen molar-refractivity contribution in [3.8, 4) is 0 Å². The third kappa shape index (κ3) is 1.10. The lowest BCUT2D eigenvalue weighted by molar-refractivity contribution is -0.610. The summed E-state index contributed by atoms with van der Waals surface area (Å²) in [6.45, 7) is 0. The van der Waals surface area contributed by atoms with Gasteiger partial charge in [0.2, 0.25) is 0 Å². The van der Waals surface area contributed by atoms with Crippen molar-refractivity contribution in [3.05, 3.63) is 10.1 Å². The molecule has 0 saturated carbocycles. The molecule has 0 aliphatic carbocycles. The van der Waals surface area contributed by atoms with Gasteiger partial charge in [0, 0.05) is 0 Å². The van der Waals surface area contributed by atoms with E-state index >= 15 is 0 Å². The first-order valence-electron chi connectivity index (χ1n) is 2.68. The maximum absolute atomic E-state index is 10.1. The van der Waals surface area contributed by atoms with Crippen LogP contribution in [0.2, 0.25) is 0 Å². The molecule has 11 heavy (non-hydrogen) atoms. The monoisotopic (exact) mass is 159 g/mol. The van der Waals surface area contributed by atoms with Crippen LogP contribution in [0.5, 0.6) is 0 Å². The third-order valence-electron chi connectivity index (χ3n) is 1.21. The second-order valence-corrected chi connectivity index (χ2v) is 1.96. The Hall–Kier alpha value is -1.34. The van der Waals surface area contributed by atoms with Crippen LogP contribution in [-0.4, -0.2) is 39.6 Å². The Kier molecular flexibility index (Phi) is 1.67. The number of nitro groups is 1. The molecule has 2 N–H and O–H groups in total. The fourth-order valence-corrected chi connectivity index (χ4v) is 0.562. The highest BCUT2D eigenvalue weighted by molar-refractivity contribution is 5.79. The first-order chi connectivity index (χ1) is 5.07. The molecule has 0 saturated heterocycles. The zero-order valence-corrected chi connectivity index (χ0v) is 5.28. The average Bonchev–Trinajstić information content (AvgIpc) is 1.95. The Balaban J connectivity index is 2.94. The van der Waals surface area contributed by atoms with Crippen LogP contribution in [0.25, 0.3) is 0 Å². The molecule has 0 aromatic rings. The quantitative estimate of drug-likeness (QED) is 0.272. The highest BCUT2D eigenvalue weighted by Crippen LogP contribution is 2.12. The maximum atomic E-state index is 10.1. The summed E-state index contributed by atoms with van der Waals surface area (Å²) in [5.74, 6) is 0. The molecule has 60 valence electrons. The molecule has 0 fully saturated rings. The first-order valence-corrected chi connectivity index (χ1v) is 2.68. The number of hydrogen-bond donors (Lipinski definition) is 2. The number of aliphatic hydroxyl groups is 2. The van der Waals surface area contributed by atoms with Gasteiger partial charge in [0.1, 0.15) is 12.6 Å². The van der Waals surface area contributed by atoms with Crippen molar-refractivity contribution >= 4 is 12.6 Å². The normalized spacial score (nSPS) is 35.6. The van der Waals surface area contributed by atoms with Crippen LogP contribution in [0.4, 0.5) is 0 Å². The first kappa shape index (κ1) is 7.76. The van der Waals surface area contributed by atoms with Crippen LogP contribution >= 0.6 is 0 Å². The lowest BCUT2D eigenvalue weighted by Crippen LogP contribution is -2.51. The Morgan fingerprint density at radius 2 is 2.36 bits per heavy atom. The summed E-state index contributed by atoms with van der Waals surface area (Å²) in [6, 6.07) is 0. The fourth-order valence-electron chi connectivity index (χ4n) is 0.562. The molecule has 0 amide bonds. The van der Waals surface area contributed by atoms with Crippen molar-refractivity contribution in [2.75, 3.05) is 0 Å². The van der Waals surface area contributed by atoms with Crippen LogP contribution in [0.3, 0.4) is 0 Å². The summed E-state index contributed by atoms with van der Waals surface area (Å²) in [5.41, 5.74) is -2.57. The van der Waals surface area contributed by atoms with E-state index in [1.807, 2.05) is 0 Å². The highest BCUT2D eigenvalue weighted by atomic mass is 16.7. The predicted octanol–water partition coefficient (Wildman–Crippen LogP) is -1.62. The molecule has 0 spiro atoms. The van der Waals surface area contributed by atoms with Crippen molar-refractivity contribution in [1.82, 2.24) is 0 Å². The lowest BCUT2D eigenvalue weighted by Gasteiger charge is -2.18. The molecule has 0 aromatic heterocycles. The number of aliphatic imine (C=N–C) groups is 2. The minimum absolute atomic E-state index is 0.630. The van der Waals surface area contributed by atoms with Crippen molar-refractivity contribution in [3.63, 3.8) is 0 Å². The minimum Gasteiger partial charge on any atom is -0.363 e. The molecule has 7 nitrogen and oxygen atoms in total. The van der Waals surface area contributed by atoms with Crippen LogP contribution in [0.15, 0.2) is 9.98 Å². The smallest absolute Gasteiger partial charge is 0.363 e. The Bertz CT molecular complexity index is 237. The summed E-state index contributed by atoms with van der Waals surface area (Å²) in [4.78, 5) is 15.4. The second-order valence-electron chi connectivity index (χ2n) is 1.96. The van der Waals surface area contributed by atoms with Gasteiger partial charge in [-0.3, -0.25) is 10.1 Å². The van der Waals surface area contributed by atoms with Gasteiger partial charge in [0.15, 0.2) is 0 Å². The number of hydrogen-bond acceptors (Lipinski definition) is 6. The van der Waals surface area contributed by atoms with Gasteiger partial charge in [-0.25, -0.2) is 9.98 Å². The van der Waals surface area contributed by atoms with Crippen LogP contribution in [-0.2, 0) is 0 Å². The zero-order chi connectivity index (χ0) is 8.48. The second kappa shape index (κ2) is 2.36. The lowest BCUT2D eigenvalue weighted by atomic mass is 10.2. The van der Waals surface area contributed by atoms with Crippen LogP contribution in [0.1, 0.15) is 0 Å². The van der Waals surface area contributed by atoms with E-state index in [-0.39, 0.29) is 0 Å². The molecule has 1 aliphatic rings. The van der Waals surface area contributed by atoms with E-state index in [1.54, 1.807) is 0 Å². The average molecular weight is 159 g/mol. The van der Waals surface area contributed by atoms with Gasteiger partial charge < -0.3 is 10.2 Å². The molecular weight excluding hydrogens is 154 g/mol. The number of aliphatic hydroxyl groups excluding tert-OH is 1. The van der Waals surface area contributed by atoms with E-state index in [2.05, 4.69) is 9.98 Å². The fraction of sp³-hybridized carbons (Fsp3) is 0.500. The Morgan fingerprint density at radius 1 is 1.73 bits per heavy atom. The molecule has 0 aromatic carbocycles. The molecule has 1 heterocycles. The topological polar surface area (TPSA) is 108 Å². The maximum Gasteiger partial charge on any atom is 0.405 e. The van der Waals surface area contributed by atoms with Crippen molar-refractivity contribution in [2.24, 2.45) is 9.98 Å². The molecule has 2 atom stereocenters. The number of rotatable bonds is 1. The molecule has 0 bridgehead atoms. The van der Waals surface area contributed by atoms with Crippen molar-refractivity contribution in [1.29, 1.82) is 0 Å². The summed E-state index contributed by atoms with van der Waals surface area (Å²) in [7, 11) is 0. The van der Waals surface area contributed by atoms with Gasteiger partial charge >= 0.3 is 5.72 Å². The standard InChI is InChI=1S/C4H5N3O4/c8-3-4(9,7(10)11)1-5-2-6-3/h1-3,8-9H. The van der Waals surface area contributed by atoms with Gasteiger partial charge in [0.25, 0.3) is 6.23 Å². The third-order valence-corrected chi connectivity index (χ3v) is 1.21. The highest BCUT2D eigenvalue weighted by Gasteiger charge is 2.48. The van der Waals surface area contributed by atoms with Gasteiger partial charge in [-0.05, 0) is 0 Å². The van der Waals surface area contributed by atoms with Gasteiger partial charge in [0.05, 0.1) is 4.92 Å². The Labute approximate surface area is 60.9 Å². The summed E-state index contributed by atoms with van der Waals surface area (Å²) in [5, 5.41) is 27.9. The van der Waals surface area contributed by atoms with Gasteiger partial charge in [-0.2, -0.15) is 0 Å². The molecule has 0 radical (unpaired) electrons. The van der Waals surface area contributed by atoms with E-state index in [0.29, 0.717) is 6.21 Å². The molecular formula is C4H5N3O4. The summed E-state index contributed by atoms with van der Waals surface area (Å²) in [6.07, 6.45) is -0.220. The predicted molar refractivity (Wildman–Crippen MR) is 34.9 cm³/mol. The Morgan fingerprint density at radius 3 is 2.73 bits per heavy atom.